The van der Waals surface area contributed by atoms with Gasteiger partial charge >= 0.3 is 0 Å². The van der Waals surface area contributed by atoms with Gasteiger partial charge in [-0.05, 0) is 92.1 Å². The molecule has 4 fully saturated rings. The Kier molecular flexibility index (Phi) is 12.8. The zero-order valence-electron chi connectivity index (χ0n) is 36.6. The van der Waals surface area contributed by atoms with Gasteiger partial charge in [-0.3, -0.25) is 19.2 Å². The lowest BCUT2D eigenvalue weighted by Crippen LogP contribution is -2.52. The maximum Gasteiger partial charge on any atom is 0.264 e. The van der Waals surface area contributed by atoms with Crippen molar-refractivity contribution >= 4 is 54.0 Å². The van der Waals surface area contributed by atoms with Gasteiger partial charge < -0.3 is 34.2 Å². The molecule has 0 radical (unpaired) electrons. The van der Waals surface area contributed by atoms with Gasteiger partial charge in [0.2, 0.25) is 17.7 Å². The number of nitrogens with zero attached hydrogens (tertiary/aromatic N) is 4. The number of methoxy groups -OCH3 is 1. The summed E-state index contributed by atoms with van der Waals surface area (Å²) in [7, 11) is -0.896. The smallest absolute Gasteiger partial charge is 0.264 e. The second-order valence-electron chi connectivity index (χ2n) is 18.6. The Morgan fingerprint density at radius 1 is 0.803 bits per heavy atom. The zero-order chi connectivity index (χ0) is 42.9. The summed E-state index contributed by atoms with van der Waals surface area (Å²) < 4.78 is 12.9. The van der Waals surface area contributed by atoms with Crippen molar-refractivity contribution in [2.45, 2.75) is 133 Å². The molecule has 0 unspecified atom stereocenters. The Hall–Kier alpha value is -4.52. The molecular formula is C49H64N4O7Si. The normalized spacial score (nSPS) is 26.3. The number of ether oxygens (including phenoxy) is 2. The highest BCUT2D eigenvalue weighted by Gasteiger charge is 2.66. The summed E-state index contributed by atoms with van der Waals surface area (Å²) in [4.78, 5) is 64.2. The number of aliphatic hydroxyl groups is 1. The number of amides is 4. The molecule has 5 atom stereocenters. The molecule has 0 bridgehead atoms. The third kappa shape index (κ3) is 8.16. The molecule has 5 heterocycles. The average molecular weight is 849 g/mol. The van der Waals surface area contributed by atoms with Gasteiger partial charge in [-0.2, -0.15) is 0 Å². The second-order valence-corrected chi connectivity index (χ2v) is 23.3. The molecule has 4 saturated heterocycles. The maximum absolute atomic E-state index is 15.7. The number of fused-ring (bicyclic) bond motifs is 2. The first-order valence-corrected chi connectivity index (χ1v) is 25.9. The predicted octanol–water partition coefficient (Wildman–Crippen LogP) is 7.43. The average Bonchev–Trinajstić information content (AvgIpc) is 3.91. The molecule has 8 rings (SSSR count). The van der Waals surface area contributed by atoms with Crippen molar-refractivity contribution < 1.29 is 33.8 Å². The summed E-state index contributed by atoms with van der Waals surface area (Å²) in [6.45, 7) is 8.88. The lowest BCUT2D eigenvalue weighted by molar-refractivity contribution is -0.150. The third-order valence-corrected chi connectivity index (χ3v) is 19.0. The van der Waals surface area contributed by atoms with Crippen LogP contribution in [0.15, 0.2) is 66.7 Å². The van der Waals surface area contributed by atoms with E-state index in [2.05, 4.69) is 32.2 Å². The molecule has 12 heteroatoms. The van der Waals surface area contributed by atoms with Crippen LogP contribution in [0.5, 0.6) is 5.75 Å². The van der Waals surface area contributed by atoms with Gasteiger partial charge in [0.05, 0.1) is 52.6 Å². The van der Waals surface area contributed by atoms with Crippen LogP contribution in [0.25, 0.3) is 0 Å². The number of hydrogen-bond acceptors (Lipinski definition) is 7. The largest absolute Gasteiger partial charge is 0.497 e. The fraction of sp³-hybridized carbons (Fsp3) is 0.551. The van der Waals surface area contributed by atoms with Gasteiger partial charge in [-0.25, -0.2) is 0 Å². The SMILES string of the molecule is COc1ccc([Si](C)(C)[C@@H]2[C@@H](CC(=O)N3CCC[C@H]3CO)O[C@]3(C(=O)N(Cc4ccc(N5CCCCCCC5=O)cc4)c4ccc(N5CCCCCCC5=O)cc43)[C@H]2C)cc1. The Labute approximate surface area is 362 Å². The minimum absolute atomic E-state index is 0.0589. The van der Waals surface area contributed by atoms with Crippen LogP contribution in [0.4, 0.5) is 17.1 Å². The van der Waals surface area contributed by atoms with Crippen molar-refractivity contribution in [2.24, 2.45) is 5.92 Å². The highest BCUT2D eigenvalue weighted by atomic mass is 28.3. The number of benzene rings is 3. The lowest BCUT2D eigenvalue weighted by Gasteiger charge is -2.37. The van der Waals surface area contributed by atoms with Crippen LogP contribution < -0.4 is 24.6 Å². The summed E-state index contributed by atoms with van der Waals surface area (Å²) in [6.07, 6.45) is 10.1. The van der Waals surface area contributed by atoms with Crippen LogP contribution in [-0.4, -0.2) is 87.2 Å². The van der Waals surface area contributed by atoms with E-state index < -0.39 is 19.8 Å². The number of carbonyl (C=O) groups is 4. The van der Waals surface area contributed by atoms with Crippen molar-refractivity contribution in [3.63, 3.8) is 0 Å². The van der Waals surface area contributed by atoms with E-state index >= 15 is 4.79 Å². The van der Waals surface area contributed by atoms with Crippen LogP contribution in [0, 0.1) is 5.92 Å². The van der Waals surface area contributed by atoms with E-state index in [1.807, 2.05) is 74.2 Å². The summed E-state index contributed by atoms with van der Waals surface area (Å²) in [5, 5.41) is 11.4. The highest BCUT2D eigenvalue weighted by molar-refractivity contribution is 6.91. The van der Waals surface area contributed by atoms with Crippen LogP contribution in [0.3, 0.4) is 0 Å². The van der Waals surface area contributed by atoms with Gasteiger partial charge in [0.15, 0.2) is 5.60 Å². The zero-order valence-corrected chi connectivity index (χ0v) is 37.6. The Balaban J connectivity index is 1.20. The number of carbonyl (C=O) groups excluding carboxylic acids is 4. The molecule has 326 valence electrons. The van der Waals surface area contributed by atoms with Crippen LogP contribution in [-0.2, 0) is 36.1 Å². The lowest BCUT2D eigenvalue weighted by atomic mass is 9.82. The Morgan fingerprint density at radius 3 is 2.07 bits per heavy atom. The van der Waals surface area contributed by atoms with Gasteiger partial charge in [0, 0.05) is 55.3 Å². The third-order valence-electron chi connectivity index (χ3n) is 14.7. The van der Waals surface area contributed by atoms with E-state index in [1.165, 1.54) is 5.19 Å². The first kappa shape index (κ1) is 43.1. The first-order valence-electron chi connectivity index (χ1n) is 22.9. The van der Waals surface area contributed by atoms with E-state index in [9.17, 15) is 19.5 Å². The van der Waals surface area contributed by atoms with E-state index in [-0.39, 0.29) is 54.2 Å². The molecule has 0 aliphatic carbocycles. The van der Waals surface area contributed by atoms with Crippen LogP contribution >= 0.6 is 0 Å². The molecule has 0 aromatic heterocycles. The highest BCUT2D eigenvalue weighted by Crippen LogP contribution is 2.60. The monoisotopic (exact) mass is 848 g/mol. The molecule has 1 spiro atoms. The standard InChI is InChI=1S/C49H64N4O7Si/c1-34-47(61(3,4)40-24-22-39(59-2)23-25-40)43(31-46(57)52-29-13-14-38(52)33-54)60-49(34)41-30-37(51-28-12-8-6-10-16-45(51)56)21-26-42(41)53(48(49)58)32-35-17-19-36(20-18-35)50-27-11-7-5-9-15-44(50)55/h17-26,30,34,38,43,47,54H,5-16,27-29,31-33H2,1-4H3/t34-,38-,43+,47-,49+/m0/s1. The van der Waals surface area contributed by atoms with Crippen molar-refractivity contribution in [2.75, 3.05) is 48.1 Å². The molecule has 61 heavy (non-hydrogen) atoms. The molecule has 5 aliphatic rings. The minimum atomic E-state index is -2.55. The molecular weight excluding hydrogens is 785 g/mol. The van der Waals surface area contributed by atoms with Gasteiger partial charge in [0.1, 0.15) is 5.75 Å². The Morgan fingerprint density at radius 2 is 1.43 bits per heavy atom. The number of likely N-dealkylation sites (tertiary alicyclic amines) is 1. The van der Waals surface area contributed by atoms with Gasteiger partial charge in [-0.1, -0.05) is 75.2 Å². The molecule has 4 amide bonds. The molecule has 3 aromatic rings. The first-order chi connectivity index (χ1) is 29.5. The molecule has 5 aliphatic heterocycles. The van der Waals surface area contributed by atoms with E-state index in [0.29, 0.717) is 39.0 Å². The van der Waals surface area contributed by atoms with Crippen molar-refractivity contribution in [3.8, 4) is 5.75 Å². The van der Waals surface area contributed by atoms with Crippen molar-refractivity contribution in [3.05, 3.63) is 77.9 Å². The van der Waals surface area contributed by atoms with Crippen LogP contribution in [0.2, 0.25) is 18.6 Å². The quantitative estimate of drug-likeness (QED) is 0.211. The van der Waals surface area contributed by atoms with Gasteiger partial charge in [-0.15, -0.1) is 0 Å². The molecule has 11 nitrogen and oxygen atoms in total. The number of aliphatic hydroxyl groups excluding tert-OH is 1. The Bertz CT molecular complexity index is 2090. The fourth-order valence-electron chi connectivity index (χ4n) is 11.3. The van der Waals surface area contributed by atoms with Crippen molar-refractivity contribution in [1.29, 1.82) is 0 Å². The summed E-state index contributed by atoms with van der Waals surface area (Å²) in [6, 6.07) is 22.0. The molecule has 0 saturated carbocycles. The number of rotatable bonds is 10. The van der Waals surface area contributed by atoms with E-state index in [4.69, 9.17) is 9.47 Å². The predicted molar refractivity (Wildman–Crippen MR) is 241 cm³/mol. The van der Waals surface area contributed by atoms with Gasteiger partial charge in [0.25, 0.3) is 5.91 Å². The number of hydrogen-bond donors (Lipinski definition) is 1. The molecule has 1 N–H and O–H groups in total. The second kappa shape index (κ2) is 18.1. The maximum atomic E-state index is 15.7. The summed E-state index contributed by atoms with van der Waals surface area (Å²) in [5.41, 5.74) is 2.49. The summed E-state index contributed by atoms with van der Waals surface area (Å²) >= 11 is 0. The van der Waals surface area contributed by atoms with E-state index in [0.717, 1.165) is 98.1 Å². The summed E-state index contributed by atoms with van der Waals surface area (Å²) in [5.74, 6) is 0.447. The van der Waals surface area contributed by atoms with Crippen molar-refractivity contribution in [1.82, 2.24) is 4.90 Å². The number of anilines is 3. The van der Waals surface area contributed by atoms with Crippen LogP contribution in [0.1, 0.15) is 102 Å². The van der Waals surface area contributed by atoms with E-state index in [1.54, 1.807) is 7.11 Å². The fourth-order valence-corrected chi connectivity index (χ4v) is 15.3. The minimum Gasteiger partial charge on any atom is -0.497 e. The topological polar surface area (TPSA) is 120 Å². The molecule has 3 aromatic carbocycles.